The van der Waals surface area contributed by atoms with Crippen molar-refractivity contribution in [2.24, 2.45) is 10.2 Å². The fourth-order valence-corrected chi connectivity index (χ4v) is 3.47. The van der Waals surface area contributed by atoms with Crippen molar-refractivity contribution in [2.75, 3.05) is 31.1 Å². The topological polar surface area (TPSA) is 65.6 Å². The summed E-state index contributed by atoms with van der Waals surface area (Å²) in [6.07, 6.45) is 11.8. The lowest BCUT2D eigenvalue weighted by atomic mass is 10.0. The quantitative estimate of drug-likeness (QED) is 0.751. The maximum absolute atomic E-state index is 12.5. The number of piperazine rings is 1. The highest BCUT2D eigenvalue weighted by Gasteiger charge is 2.39. The van der Waals surface area contributed by atoms with E-state index in [9.17, 15) is 4.79 Å². The van der Waals surface area contributed by atoms with Crippen LogP contribution in [0.1, 0.15) is 25.7 Å². The lowest BCUT2D eigenvalue weighted by Gasteiger charge is -2.35. The molecule has 7 heteroatoms. The number of carbonyl (C=O) groups excluding carboxylic acids is 1. The van der Waals surface area contributed by atoms with Crippen molar-refractivity contribution in [3.05, 3.63) is 30.6 Å². The second-order valence-corrected chi connectivity index (χ2v) is 6.80. The van der Waals surface area contributed by atoms with Gasteiger partial charge in [-0.1, -0.05) is 6.07 Å². The summed E-state index contributed by atoms with van der Waals surface area (Å²) in [5.41, 5.74) is 0.565. The highest BCUT2D eigenvalue weighted by Crippen LogP contribution is 2.37. The molecule has 26 heavy (non-hydrogen) atoms. The van der Waals surface area contributed by atoms with Crippen LogP contribution >= 0.6 is 0 Å². The van der Waals surface area contributed by atoms with Crippen LogP contribution < -0.4 is 4.90 Å². The summed E-state index contributed by atoms with van der Waals surface area (Å²) in [6, 6.07) is 5.98. The number of amides is 1. The number of rotatable bonds is 6. The van der Waals surface area contributed by atoms with E-state index in [2.05, 4.69) is 30.4 Å². The Labute approximate surface area is 152 Å². The van der Waals surface area contributed by atoms with E-state index in [1.54, 1.807) is 0 Å². The number of aromatic nitrogens is 2. The van der Waals surface area contributed by atoms with Gasteiger partial charge in [0.2, 0.25) is 5.91 Å². The van der Waals surface area contributed by atoms with Gasteiger partial charge in [0.1, 0.15) is 11.5 Å². The molecule has 1 fully saturated rings. The van der Waals surface area contributed by atoms with Crippen LogP contribution in [0, 0.1) is 12.3 Å². The first-order valence-electron chi connectivity index (χ1n) is 9.03. The van der Waals surface area contributed by atoms with Gasteiger partial charge >= 0.3 is 0 Å². The minimum absolute atomic E-state index is 0.181. The Balaban J connectivity index is 1.29. The molecule has 0 aromatic carbocycles. The Morgan fingerprint density at radius 2 is 2.00 bits per heavy atom. The molecule has 1 saturated heterocycles. The minimum atomic E-state index is -0.375. The van der Waals surface area contributed by atoms with E-state index in [0.717, 1.165) is 44.1 Å². The number of terminal acetylenes is 1. The van der Waals surface area contributed by atoms with Crippen molar-refractivity contribution in [1.29, 1.82) is 0 Å². The van der Waals surface area contributed by atoms with E-state index < -0.39 is 0 Å². The first kappa shape index (κ1) is 16.6. The lowest BCUT2D eigenvalue weighted by molar-refractivity contribution is -0.131. The van der Waals surface area contributed by atoms with Crippen molar-refractivity contribution in [3.8, 4) is 12.3 Å². The van der Waals surface area contributed by atoms with Crippen LogP contribution in [0.4, 0.5) is 5.82 Å². The van der Waals surface area contributed by atoms with Gasteiger partial charge in [0.15, 0.2) is 5.66 Å². The molecule has 0 radical (unpaired) electrons. The van der Waals surface area contributed by atoms with Gasteiger partial charge in [0.05, 0.1) is 6.20 Å². The van der Waals surface area contributed by atoms with E-state index in [0.29, 0.717) is 19.3 Å². The van der Waals surface area contributed by atoms with E-state index in [4.69, 9.17) is 6.42 Å². The summed E-state index contributed by atoms with van der Waals surface area (Å²) < 4.78 is 2.09. The highest BCUT2D eigenvalue weighted by atomic mass is 16.2. The van der Waals surface area contributed by atoms with Crippen LogP contribution in [0.3, 0.4) is 0 Å². The van der Waals surface area contributed by atoms with Crippen LogP contribution in [-0.2, 0) is 4.79 Å². The number of hydrogen-bond donors (Lipinski definition) is 0. The lowest BCUT2D eigenvalue weighted by Crippen LogP contribution is -2.49. The molecule has 0 bridgehead atoms. The van der Waals surface area contributed by atoms with Gasteiger partial charge in [-0.05, 0) is 12.1 Å². The van der Waals surface area contributed by atoms with Gasteiger partial charge in [-0.25, -0.2) is 4.98 Å². The van der Waals surface area contributed by atoms with Gasteiger partial charge in [0.25, 0.3) is 0 Å². The molecule has 1 amide bonds. The molecule has 2 aliphatic heterocycles. The van der Waals surface area contributed by atoms with Crippen LogP contribution in [0.25, 0.3) is 5.65 Å². The molecule has 0 atom stereocenters. The maximum atomic E-state index is 12.5. The molecule has 4 rings (SSSR count). The van der Waals surface area contributed by atoms with Crippen LogP contribution in [0.5, 0.6) is 0 Å². The van der Waals surface area contributed by atoms with Gasteiger partial charge in [-0.15, -0.1) is 12.3 Å². The Bertz CT molecular complexity index is 866. The van der Waals surface area contributed by atoms with Gasteiger partial charge in [-0.2, -0.15) is 10.2 Å². The Morgan fingerprint density at radius 1 is 1.19 bits per heavy atom. The summed E-state index contributed by atoms with van der Waals surface area (Å²) in [7, 11) is 0. The second-order valence-electron chi connectivity index (χ2n) is 6.80. The molecule has 2 aromatic rings. The molecule has 7 nitrogen and oxygen atoms in total. The molecule has 0 spiro atoms. The smallest absolute Gasteiger partial charge is 0.222 e. The molecule has 2 aromatic heterocycles. The minimum Gasteiger partial charge on any atom is -0.353 e. The number of fused-ring (bicyclic) bond motifs is 1. The predicted octanol–water partition coefficient (Wildman–Crippen LogP) is 2.34. The average Bonchev–Trinajstić information content (AvgIpc) is 3.33. The Hall–Kier alpha value is -2.88. The SMILES string of the molecule is C#CCCC1(CCC(=O)N2CCN(c3cnc4ccccn34)CC2)N=N1. The molecule has 0 aliphatic carbocycles. The third kappa shape index (κ3) is 3.27. The second kappa shape index (κ2) is 6.79. The molecule has 4 heterocycles. The summed E-state index contributed by atoms with van der Waals surface area (Å²) in [5, 5.41) is 8.21. The Kier molecular flexibility index (Phi) is 4.33. The van der Waals surface area contributed by atoms with Crippen molar-refractivity contribution in [1.82, 2.24) is 14.3 Å². The van der Waals surface area contributed by atoms with Crippen LogP contribution in [-0.4, -0.2) is 52.0 Å². The fraction of sp³-hybridized carbons (Fsp3) is 0.474. The monoisotopic (exact) mass is 350 g/mol. The number of carbonyl (C=O) groups is 1. The Morgan fingerprint density at radius 3 is 2.73 bits per heavy atom. The first-order valence-corrected chi connectivity index (χ1v) is 9.03. The molecule has 2 aliphatic rings. The summed E-state index contributed by atoms with van der Waals surface area (Å²) >= 11 is 0. The number of pyridine rings is 1. The zero-order valence-electron chi connectivity index (χ0n) is 14.7. The standard InChI is InChI=1S/C19H22N6O/c1-2-3-8-19(21-22-19)9-7-18(26)24-13-11-23(12-14-24)17-15-20-16-6-4-5-10-25(16)17/h1,4-6,10,15H,3,7-9,11-14H2. The highest BCUT2D eigenvalue weighted by molar-refractivity contribution is 5.76. The van der Waals surface area contributed by atoms with Crippen LogP contribution in [0.15, 0.2) is 40.8 Å². The summed E-state index contributed by atoms with van der Waals surface area (Å²) in [6.45, 7) is 3.08. The third-order valence-electron chi connectivity index (χ3n) is 5.15. The van der Waals surface area contributed by atoms with Gasteiger partial charge < -0.3 is 9.80 Å². The third-order valence-corrected chi connectivity index (χ3v) is 5.15. The normalized spacial score (nSPS) is 18.1. The first-order chi connectivity index (χ1) is 12.7. The summed E-state index contributed by atoms with van der Waals surface area (Å²) in [5.74, 6) is 3.88. The van der Waals surface area contributed by atoms with Crippen molar-refractivity contribution >= 4 is 17.4 Å². The van der Waals surface area contributed by atoms with E-state index in [1.165, 1.54) is 0 Å². The predicted molar refractivity (Wildman–Crippen MR) is 98.9 cm³/mol. The maximum Gasteiger partial charge on any atom is 0.222 e. The van der Waals surface area contributed by atoms with Crippen molar-refractivity contribution in [2.45, 2.75) is 31.3 Å². The van der Waals surface area contributed by atoms with Crippen LogP contribution in [0.2, 0.25) is 0 Å². The fourth-order valence-electron chi connectivity index (χ4n) is 3.47. The van der Waals surface area contributed by atoms with Gasteiger partial charge in [-0.3, -0.25) is 9.20 Å². The number of anilines is 1. The molecular weight excluding hydrogens is 328 g/mol. The largest absolute Gasteiger partial charge is 0.353 e. The van der Waals surface area contributed by atoms with E-state index >= 15 is 0 Å². The molecule has 0 saturated carbocycles. The molecule has 134 valence electrons. The molecule has 0 N–H and O–H groups in total. The number of imidazole rings is 1. The molecular formula is C19H22N6O. The van der Waals surface area contributed by atoms with E-state index in [-0.39, 0.29) is 11.6 Å². The van der Waals surface area contributed by atoms with Crippen molar-refractivity contribution in [3.63, 3.8) is 0 Å². The van der Waals surface area contributed by atoms with Crippen molar-refractivity contribution < 1.29 is 4.79 Å². The number of nitrogens with zero attached hydrogens (tertiary/aromatic N) is 6. The molecule has 0 unspecified atom stereocenters. The number of hydrogen-bond acceptors (Lipinski definition) is 5. The zero-order valence-corrected chi connectivity index (χ0v) is 14.7. The van der Waals surface area contributed by atoms with Gasteiger partial charge in [0, 0.05) is 58.1 Å². The summed E-state index contributed by atoms with van der Waals surface area (Å²) in [4.78, 5) is 21.2. The zero-order chi connectivity index (χ0) is 18.0. The average molecular weight is 350 g/mol. The van der Waals surface area contributed by atoms with E-state index in [1.807, 2.05) is 35.5 Å².